The molecule has 0 bridgehead atoms. The van der Waals surface area contributed by atoms with Crippen LogP contribution >= 0.6 is 0 Å². The molecule has 6 heteroatoms. The smallest absolute Gasteiger partial charge is 0.262 e. The molecule has 1 N–H and O–H groups in total. The van der Waals surface area contributed by atoms with E-state index in [1.807, 2.05) is 0 Å². The van der Waals surface area contributed by atoms with Gasteiger partial charge >= 0.3 is 0 Å². The fourth-order valence-electron chi connectivity index (χ4n) is 3.78. The lowest BCUT2D eigenvalue weighted by Gasteiger charge is -2.35. The Morgan fingerprint density at radius 1 is 1.14 bits per heavy atom. The number of hydrogen-bond acceptors (Lipinski definition) is 3. The molecule has 3 aliphatic rings. The van der Waals surface area contributed by atoms with E-state index in [-0.39, 0.29) is 18.9 Å². The van der Waals surface area contributed by atoms with E-state index in [1.165, 1.54) is 25.9 Å². The highest BCUT2D eigenvalue weighted by molar-refractivity contribution is 5.82. The third-order valence-electron chi connectivity index (χ3n) is 5.05. The molecule has 0 radical (unpaired) electrons. The van der Waals surface area contributed by atoms with Gasteiger partial charge in [-0.25, -0.2) is 8.78 Å². The van der Waals surface area contributed by atoms with Crippen LogP contribution in [-0.4, -0.2) is 66.9 Å². The summed E-state index contributed by atoms with van der Waals surface area (Å²) in [6, 6.07) is -0.685. The van der Waals surface area contributed by atoms with Crippen molar-refractivity contribution in [1.29, 1.82) is 0 Å². The Kier molecular flexibility index (Phi) is 4.45. The Labute approximate surface area is 124 Å². The van der Waals surface area contributed by atoms with Crippen LogP contribution < -0.4 is 5.32 Å². The fraction of sp³-hybridized carbons (Fsp3) is 0.933. The molecule has 3 aliphatic heterocycles. The molecule has 3 heterocycles. The van der Waals surface area contributed by atoms with Crippen molar-refractivity contribution in [2.24, 2.45) is 5.92 Å². The minimum absolute atomic E-state index is 0.133. The maximum absolute atomic E-state index is 13.2. The van der Waals surface area contributed by atoms with Crippen LogP contribution in [0.15, 0.2) is 0 Å². The molecule has 0 aromatic rings. The number of piperidine rings is 1. The van der Waals surface area contributed by atoms with Gasteiger partial charge < -0.3 is 9.80 Å². The van der Waals surface area contributed by atoms with Crippen LogP contribution in [0.25, 0.3) is 0 Å². The molecule has 21 heavy (non-hydrogen) atoms. The van der Waals surface area contributed by atoms with Crippen molar-refractivity contribution in [1.82, 2.24) is 15.1 Å². The normalized spacial score (nSPS) is 31.0. The van der Waals surface area contributed by atoms with Crippen molar-refractivity contribution in [3.63, 3.8) is 0 Å². The van der Waals surface area contributed by atoms with E-state index < -0.39 is 12.0 Å². The summed E-state index contributed by atoms with van der Waals surface area (Å²) < 4.78 is 26.3. The summed E-state index contributed by atoms with van der Waals surface area (Å²) in [4.78, 5) is 16.6. The third kappa shape index (κ3) is 3.72. The molecule has 0 saturated carbocycles. The van der Waals surface area contributed by atoms with Gasteiger partial charge in [-0.3, -0.25) is 10.1 Å². The van der Waals surface area contributed by atoms with Crippen LogP contribution in [-0.2, 0) is 4.79 Å². The Bertz CT molecular complexity index is 377. The molecule has 120 valence electrons. The number of carbonyl (C=O) groups is 1. The highest BCUT2D eigenvalue weighted by Gasteiger charge is 2.43. The average molecular weight is 301 g/mol. The van der Waals surface area contributed by atoms with E-state index >= 15 is 0 Å². The van der Waals surface area contributed by atoms with Gasteiger partial charge in [0.15, 0.2) is 0 Å². The molecular formula is C15H25F2N3O. The number of likely N-dealkylation sites (tertiary alicyclic amines) is 2. The Balaban J connectivity index is 1.43. The molecule has 0 aromatic carbocycles. The van der Waals surface area contributed by atoms with Crippen molar-refractivity contribution < 1.29 is 13.6 Å². The maximum Gasteiger partial charge on any atom is 0.262 e. The van der Waals surface area contributed by atoms with Crippen molar-refractivity contribution in [3.8, 4) is 0 Å². The van der Waals surface area contributed by atoms with Crippen LogP contribution in [0.4, 0.5) is 8.78 Å². The predicted molar refractivity (Wildman–Crippen MR) is 76.3 cm³/mol. The summed E-state index contributed by atoms with van der Waals surface area (Å²) in [5, 5.41) is 2.66. The predicted octanol–water partition coefficient (Wildman–Crippen LogP) is 1.32. The van der Waals surface area contributed by atoms with Gasteiger partial charge in [0.2, 0.25) is 5.91 Å². The zero-order chi connectivity index (χ0) is 14.9. The second kappa shape index (κ2) is 6.16. The fourth-order valence-corrected chi connectivity index (χ4v) is 3.78. The summed E-state index contributed by atoms with van der Waals surface area (Å²) in [7, 11) is 0. The lowest BCUT2D eigenvalue weighted by molar-refractivity contribution is -0.135. The first-order valence-corrected chi connectivity index (χ1v) is 8.16. The van der Waals surface area contributed by atoms with Crippen molar-refractivity contribution in [3.05, 3.63) is 0 Å². The second-order valence-corrected chi connectivity index (χ2v) is 6.77. The van der Waals surface area contributed by atoms with E-state index in [0.29, 0.717) is 5.92 Å². The van der Waals surface area contributed by atoms with Gasteiger partial charge in [-0.2, -0.15) is 0 Å². The molecule has 4 nitrogen and oxygen atoms in total. The van der Waals surface area contributed by atoms with E-state index in [2.05, 4.69) is 10.2 Å². The lowest BCUT2D eigenvalue weighted by Crippen LogP contribution is -2.48. The Hall–Kier alpha value is -0.750. The SMILES string of the molecule is O=C(C1CC(F)(F)CN1)N1CCC(CN2CCCC2)CC1. The molecule has 3 saturated heterocycles. The van der Waals surface area contributed by atoms with Crippen LogP contribution in [0, 0.1) is 5.92 Å². The van der Waals surface area contributed by atoms with Gasteiger partial charge in [-0.1, -0.05) is 0 Å². The first kappa shape index (κ1) is 15.2. The number of rotatable bonds is 3. The first-order valence-electron chi connectivity index (χ1n) is 8.16. The lowest BCUT2D eigenvalue weighted by atomic mass is 9.95. The molecule has 0 aromatic heterocycles. The third-order valence-corrected chi connectivity index (χ3v) is 5.05. The van der Waals surface area contributed by atoms with Crippen LogP contribution in [0.5, 0.6) is 0 Å². The van der Waals surface area contributed by atoms with Gasteiger partial charge in [-0.05, 0) is 44.7 Å². The second-order valence-electron chi connectivity index (χ2n) is 6.77. The maximum atomic E-state index is 13.2. The number of nitrogens with zero attached hydrogens (tertiary/aromatic N) is 2. The average Bonchev–Trinajstić information content (AvgIpc) is 3.08. The summed E-state index contributed by atoms with van der Waals surface area (Å²) in [5.74, 6) is -2.20. The van der Waals surface area contributed by atoms with Gasteiger partial charge in [0.1, 0.15) is 0 Å². The number of nitrogens with one attached hydrogen (secondary N) is 1. The van der Waals surface area contributed by atoms with E-state index in [1.54, 1.807) is 4.90 Å². The van der Waals surface area contributed by atoms with Gasteiger partial charge in [0.05, 0.1) is 12.6 Å². The van der Waals surface area contributed by atoms with Crippen molar-refractivity contribution in [2.45, 2.75) is 44.1 Å². The quantitative estimate of drug-likeness (QED) is 0.854. The van der Waals surface area contributed by atoms with E-state index in [9.17, 15) is 13.6 Å². The van der Waals surface area contributed by atoms with Gasteiger partial charge in [-0.15, -0.1) is 0 Å². The molecule has 1 unspecified atom stereocenters. The molecule has 0 aliphatic carbocycles. The summed E-state index contributed by atoms with van der Waals surface area (Å²) in [6.07, 6.45) is 4.27. The minimum atomic E-state index is -2.73. The largest absolute Gasteiger partial charge is 0.341 e. The monoisotopic (exact) mass is 301 g/mol. The number of amides is 1. The van der Waals surface area contributed by atoms with Crippen LogP contribution in [0.2, 0.25) is 0 Å². The number of hydrogen-bond donors (Lipinski definition) is 1. The standard InChI is InChI=1S/C15H25F2N3O/c16-15(17)9-13(18-11-15)14(21)20-7-3-12(4-8-20)10-19-5-1-2-6-19/h12-13,18H,1-11H2. The van der Waals surface area contributed by atoms with Crippen molar-refractivity contribution in [2.75, 3.05) is 39.3 Å². The van der Waals surface area contributed by atoms with Crippen molar-refractivity contribution >= 4 is 5.91 Å². The molecule has 0 spiro atoms. The summed E-state index contributed by atoms with van der Waals surface area (Å²) in [6.45, 7) is 4.64. The number of alkyl halides is 2. The molecule has 3 rings (SSSR count). The summed E-state index contributed by atoms with van der Waals surface area (Å²) >= 11 is 0. The highest BCUT2D eigenvalue weighted by atomic mass is 19.3. The zero-order valence-corrected chi connectivity index (χ0v) is 12.5. The Morgan fingerprint density at radius 3 is 2.38 bits per heavy atom. The number of carbonyl (C=O) groups excluding carboxylic acids is 1. The van der Waals surface area contributed by atoms with Crippen LogP contribution in [0.1, 0.15) is 32.1 Å². The minimum Gasteiger partial charge on any atom is -0.341 e. The Morgan fingerprint density at radius 2 is 1.81 bits per heavy atom. The van der Waals surface area contributed by atoms with Gasteiger partial charge in [0.25, 0.3) is 5.92 Å². The number of halogens is 2. The van der Waals surface area contributed by atoms with E-state index in [0.717, 1.165) is 32.5 Å². The van der Waals surface area contributed by atoms with Crippen LogP contribution in [0.3, 0.4) is 0 Å². The molecule has 1 atom stereocenters. The highest BCUT2D eigenvalue weighted by Crippen LogP contribution is 2.27. The summed E-state index contributed by atoms with van der Waals surface area (Å²) in [5.41, 5.74) is 0. The molecular weight excluding hydrogens is 276 g/mol. The topological polar surface area (TPSA) is 35.6 Å². The first-order chi connectivity index (χ1) is 10.0. The molecule has 1 amide bonds. The zero-order valence-electron chi connectivity index (χ0n) is 12.5. The van der Waals surface area contributed by atoms with E-state index in [4.69, 9.17) is 0 Å². The molecule has 3 fully saturated rings. The van der Waals surface area contributed by atoms with Gasteiger partial charge in [0, 0.05) is 26.1 Å².